The molecule has 0 unspecified atom stereocenters. The van der Waals surface area contributed by atoms with E-state index in [4.69, 9.17) is 4.42 Å². The van der Waals surface area contributed by atoms with Crippen LogP contribution in [-0.4, -0.2) is 5.11 Å². The van der Waals surface area contributed by atoms with Crippen molar-refractivity contribution < 1.29 is 9.52 Å². The summed E-state index contributed by atoms with van der Waals surface area (Å²) in [4.78, 5) is 11.6. The summed E-state index contributed by atoms with van der Waals surface area (Å²) in [6.45, 7) is 7.25. The number of rotatable bonds is 2. The molecular weight excluding hydrogens is 216 g/mol. The number of aromatic hydroxyl groups is 1. The summed E-state index contributed by atoms with van der Waals surface area (Å²) in [5.41, 5.74) is 2.20. The summed E-state index contributed by atoms with van der Waals surface area (Å²) in [5, 5.41) is 10.6. The van der Waals surface area contributed by atoms with Gasteiger partial charge >= 0.3 is 5.63 Å². The minimum absolute atomic E-state index is 0.129. The van der Waals surface area contributed by atoms with Crippen molar-refractivity contribution in [1.82, 2.24) is 0 Å². The third-order valence-corrected chi connectivity index (χ3v) is 3.05. The van der Waals surface area contributed by atoms with Gasteiger partial charge in [0.05, 0.1) is 0 Å². The topological polar surface area (TPSA) is 50.4 Å². The lowest BCUT2D eigenvalue weighted by molar-refractivity contribution is 0.466. The van der Waals surface area contributed by atoms with E-state index in [1.165, 1.54) is 0 Å². The molecule has 0 aliphatic rings. The lowest BCUT2D eigenvalue weighted by Gasteiger charge is -2.09. The van der Waals surface area contributed by atoms with Gasteiger partial charge < -0.3 is 9.52 Å². The maximum Gasteiger partial charge on any atom is 0.339 e. The van der Waals surface area contributed by atoms with Crippen LogP contribution in [0.25, 0.3) is 11.0 Å². The van der Waals surface area contributed by atoms with Crippen molar-refractivity contribution in [2.75, 3.05) is 0 Å². The van der Waals surface area contributed by atoms with Gasteiger partial charge in [-0.15, -0.1) is 6.58 Å². The molecule has 2 aromatic rings. The van der Waals surface area contributed by atoms with Crippen molar-refractivity contribution in [1.29, 1.82) is 0 Å². The quantitative estimate of drug-likeness (QED) is 0.637. The summed E-state index contributed by atoms with van der Waals surface area (Å²) >= 11 is 0. The highest BCUT2D eigenvalue weighted by Gasteiger charge is 2.13. The van der Waals surface area contributed by atoms with E-state index in [1.54, 1.807) is 25.1 Å². The van der Waals surface area contributed by atoms with Crippen molar-refractivity contribution in [3.05, 3.63) is 51.9 Å². The molecule has 0 saturated heterocycles. The van der Waals surface area contributed by atoms with Crippen LogP contribution >= 0.6 is 0 Å². The molecule has 1 heterocycles. The fraction of sp³-hybridized carbons (Fsp3) is 0.214. The number of phenolic OH excluding ortho intramolecular Hbond substituents is 1. The Labute approximate surface area is 99.0 Å². The van der Waals surface area contributed by atoms with Gasteiger partial charge in [-0.3, -0.25) is 0 Å². The fourth-order valence-corrected chi connectivity index (χ4v) is 1.90. The van der Waals surface area contributed by atoms with Crippen LogP contribution < -0.4 is 5.63 Å². The van der Waals surface area contributed by atoms with E-state index in [-0.39, 0.29) is 11.4 Å². The first-order chi connectivity index (χ1) is 8.06. The smallest absolute Gasteiger partial charge is 0.339 e. The molecule has 0 radical (unpaired) electrons. The number of benzene rings is 1. The first kappa shape index (κ1) is 11.5. The number of hydrogen-bond acceptors (Lipinski definition) is 3. The molecule has 0 atom stereocenters. The van der Waals surface area contributed by atoms with Gasteiger partial charge in [0.2, 0.25) is 0 Å². The van der Waals surface area contributed by atoms with Crippen molar-refractivity contribution in [2.24, 2.45) is 0 Å². The Balaban J connectivity index is 2.95. The molecule has 88 valence electrons. The van der Waals surface area contributed by atoms with Gasteiger partial charge in [-0.25, -0.2) is 4.79 Å². The highest BCUT2D eigenvalue weighted by molar-refractivity contribution is 5.85. The zero-order valence-electron chi connectivity index (χ0n) is 9.91. The van der Waals surface area contributed by atoms with Crippen molar-refractivity contribution in [3.63, 3.8) is 0 Å². The van der Waals surface area contributed by atoms with Crippen LogP contribution in [-0.2, 0) is 6.42 Å². The summed E-state index contributed by atoms with van der Waals surface area (Å²) in [7, 11) is 0. The van der Waals surface area contributed by atoms with Crippen molar-refractivity contribution in [3.8, 4) is 5.75 Å². The van der Waals surface area contributed by atoms with Crippen LogP contribution in [0, 0.1) is 13.8 Å². The molecule has 1 N–H and O–H groups in total. The summed E-state index contributed by atoms with van der Waals surface area (Å²) in [6.07, 6.45) is 2.14. The lowest BCUT2D eigenvalue weighted by atomic mass is 10.0. The van der Waals surface area contributed by atoms with Crippen LogP contribution in [0.15, 0.2) is 34.0 Å². The molecule has 0 aliphatic carbocycles. The molecule has 0 spiro atoms. The predicted molar refractivity (Wildman–Crippen MR) is 67.5 cm³/mol. The van der Waals surface area contributed by atoms with Gasteiger partial charge in [0.15, 0.2) is 0 Å². The van der Waals surface area contributed by atoms with E-state index in [9.17, 15) is 9.90 Å². The van der Waals surface area contributed by atoms with Crippen LogP contribution in [0.4, 0.5) is 0 Å². The predicted octanol–water partition coefficient (Wildman–Crippen LogP) is 2.84. The molecule has 17 heavy (non-hydrogen) atoms. The molecule has 0 saturated carbocycles. The average Bonchev–Trinajstić information content (AvgIpc) is 2.30. The monoisotopic (exact) mass is 230 g/mol. The van der Waals surface area contributed by atoms with Crippen LogP contribution in [0.1, 0.15) is 16.7 Å². The van der Waals surface area contributed by atoms with Gasteiger partial charge in [0.1, 0.15) is 11.3 Å². The number of phenols is 1. The molecule has 0 bridgehead atoms. The second kappa shape index (κ2) is 4.09. The Hall–Kier alpha value is -2.03. The molecular formula is C14H14O3. The SMILES string of the molecule is C=CCc1c(O)ccc2c(C)c(C)c(=O)oc12. The zero-order valence-corrected chi connectivity index (χ0v) is 9.91. The minimum atomic E-state index is -0.356. The highest BCUT2D eigenvalue weighted by Crippen LogP contribution is 2.29. The third kappa shape index (κ3) is 1.73. The number of hydrogen-bond donors (Lipinski definition) is 1. The number of aryl methyl sites for hydroxylation is 1. The minimum Gasteiger partial charge on any atom is -0.508 e. The fourth-order valence-electron chi connectivity index (χ4n) is 1.90. The largest absolute Gasteiger partial charge is 0.508 e. The molecule has 1 aromatic carbocycles. The molecule has 0 fully saturated rings. The van der Waals surface area contributed by atoms with Crippen LogP contribution in [0.5, 0.6) is 5.75 Å². The van der Waals surface area contributed by atoms with E-state index in [1.807, 2.05) is 6.92 Å². The molecule has 1 aromatic heterocycles. The van der Waals surface area contributed by atoms with E-state index in [2.05, 4.69) is 6.58 Å². The van der Waals surface area contributed by atoms with Crippen molar-refractivity contribution >= 4 is 11.0 Å². The second-order valence-electron chi connectivity index (χ2n) is 4.07. The first-order valence-corrected chi connectivity index (χ1v) is 5.42. The normalized spacial score (nSPS) is 10.7. The summed E-state index contributed by atoms with van der Waals surface area (Å²) in [6, 6.07) is 3.39. The van der Waals surface area contributed by atoms with E-state index >= 15 is 0 Å². The van der Waals surface area contributed by atoms with Crippen molar-refractivity contribution in [2.45, 2.75) is 20.3 Å². The molecule has 0 aliphatic heterocycles. The Bertz CT molecular complexity index is 651. The van der Waals surface area contributed by atoms with E-state index in [0.717, 1.165) is 10.9 Å². The zero-order chi connectivity index (χ0) is 12.6. The molecule has 2 rings (SSSR count). The number of fused-ring (bicyclic) bond motifs is 1. The van der Waals surface area contributed by atoms with Gasteiger partial charge in [-0.05, 0) is 38.0 Å². The van der Waals surface area contributed by atoms with Gasteiger partial charge in [0, 0.05) is 16.5 Å². The number of allylic oxidation sites excluding steroid dienone is 1. The standard InChI is InChI=1S/C14H14O3/c1-4-5-11-12(15)7-6-10-8(2)9(3)14(16)17-13(10)11/h4,6-7,15H,1,5H2,2-3H3. The maximum atomic E-state index is 11.6. The summed E-state index contributed by atoms with van der Waals surface area (Å²) in [5.74, 6) is 0.129. The third-order valence-electron chi connectivity index (χ3n) is 3.05. The Morgan fingerprint density at radius 3 is 2.71 bits per heavy atom. The van der Waals surface area contributed by atoms with Crippen LogP contribution in [0.2, 0.25) is 0 Å². The van der Waals surface area contributed by atoms with Crippen LogP contribution in [0.3, 0.4) is 0 Å². The average molecular weight is 230 g/mol. The Kier molecular flexibility index (Phi) is 2.76. The molecule has 3 nitrogen and oxygen atoms in total. The first-order valence-electron chi connectivity index (χ1n) is 5.42. The lowest BCUT2D eigenvalue weighted by Crippen LogP contribution is -2.06. The van der Waals surface area contributed by atoms with E-state index in [0.29, 0.717) is 23.1 Å². The second-order valence-corrected chi connectivity index (χ2v) is 4.07. The molecule has 0 amide bonds. The van der Waals surface area contributed by atoms with Gasteiger partial charge in [0.25, 0.3) is 0 Å². The van der Waals surface area contributed by atoms with Gasteiger partial charge in [-0.1, -0.05) is 6.08 Å². The van der Waals surface area contributed by atoms with E-state index < -0.39 is 0 Å². The maximum absolute atomic E-state index is 11.6. The Morgan fingerprint density at radius 1 is 1.35 bits per heavy atom. The highest BCUT2D eigenvalue weighted by atomic mass is 16.4. The van der Waals surface area contributed by atoms with Gasteiger partial charge in [-0.2, -0.15) is 0 Å². The summed E-state index contributed by atoms with van der Waals surface area (Å²) < 4.78 is 5.27. The molecule has 3 heteroatoms. The Morgan fingerprint density at radius 2 is 2.06 bits per heavy atom.